The number of nitrogens with zero attached hydrogens (tertiary/aromatic N) is 2. The molecule has 0 saturated heterocycles. The minimum Gasteiger partial charge on any atom is -0.420 e. The van der Waals surface area contributed by atoms with Gasteiger partial charge in [-0.05, 0) is 29.3 Å². The van der Waals surface area contributed by atoms with E-state index in [1.165, 1.54) is 0 Å². The van der Waals surface area contributed by atoms with E-state index in [9.17, 15) is 5.26 Å². The third-order valence-electron chi connectivity index (χ3n) is 3.01. The van der Waals surface area contributed by atoms with Crippen LogP contribution in [0.1, 0.15) is 22.7 Å². The van der Waals surface area contributed by atoms with Crippen LogP contribution in [0, 0.1) is 18.3 Å². The van der Waals surface area contributed by atoms with Gasteiger partial charge in [0.2, 0.25) is 11.8 Å². The van der Waals surface area contributed by atoms with Crippen molar-refractivity contribution in [2.75, 3.05) is 0 Å². The van der Waals surface area contributed by atoms with Crippen LogP contribution < -0.4 is 10.5 Å². The van der Waals surface area contributed by atoms with E-state index in [0.29, 0.717) is 11.5 Å². The number of nitrogens with one attached hydrogen (secondary N) is 1. The molecule has 0 bridgehead atoms. The number of fused-ring (bicyclic) bond motifs is 1. The normalized spacial score (nSPS) is 18.1. The van der Waals surface area contributed by atoms with Gasteiger partial charge in [-0.15, -0.1) is 5.10 Å². The maximum atomic E-state index is 9.29. The third kappa shape index (κ3) is 1.41. The first-order valence-corrected chi connectivity index (χ1v) is 6.31. The number of hydrogen-bond acceptors (Lipinski definition) is 5. The molecule has 1 aliphatic rings. The van der Waals surface area contributed by atoms with Crippen LogP contribution in [0.25, 0.3) is 0 Å². The summed E-state index contributed by atoms with van der Waals surface area (Å²) in [4.78, 5) is 0. The molecule has 2 aromatic rings. The molecule has 2 aromatic heterocycles. The molecule has 0 saturated carbocycles. The number of thiophene rings is 1. The molecule has 0 aliphatic carbocycles. The van der Waals surface area contributed by atoms with E-state index in [1.54, 1.807) is 11.3 Å². The SMILES string of the molecule is Cc1[nH]nc2c1[C@H](c1ccsc1)C(C#N)=C(N)O2. The topological polar surface area (TPSA) is 87.7 Å². The molecule has 3 N–H and O–H groups in total. The zero-order valence-corrected chi connectivity index (χ0v) is 10.4. The van der Waals surface area contributed by atoms with Gasteiger partial charge in [-0.2, -0.15) is 16.6 Å². The van der Waals surface area contributed by atoms with Gasteiger partial charge in [0.25, 0.3) is 0 Å². The number of ether oxygens (including phenoxy) is 1. The Hall–Kier alpha value is -2.26. The van der Waals surface area contributed by atoms with E-state index in [1.807, 2.05) is 23.8 Å². The summed E-state index contributed by atoms with van der Waals surface area (Å²) in [6.45, 7) is 1.91. The zero-order valence-electron chi connectivity index (χ0n) is 9.60. The molecule has 1 atom stereocenters. The molecular weight excluding hydrogens is 248 g/mol. The van der Waals surface area contributed by atoms with E-state index in [-0.39, 0.29) is 11.8 Å². The second-order valence-electron chi connectivity index (χ2n) is 4.05. The van der Waals surface area contributed by atoms with Crippen molar-refractivity contribution < 1.29 is 4.74 Å². The lowest BCUT2D eigenvalue weighted by Gasteiger charge is -2.22. The van der Waals surface area contributed by atoms with Gasteiger partial charge in [-0.1, -0.05) is 0 Å². The van der Waals surface area contributed by atoms with E-state index in [4.69, 9.17) is 10.5 Å². The standard InChI is InChI=1S/C12H10N4OS/c1-6-9-10(7-2-3-18-5-7)8(4-13)11(14)17-12(9)16-15-6/h2-3,5,10H,14H2,1H3,(H,15,16)/t10-/m1/s1. The maximum Gasteiger partial charge on any atom is 0.244 e. The summed E-state index contributed by atoms with van der Waals surface area (Å²) in [5.74, 6) is 0.400. The summed E-state index contributed by atoms with van der Waals surface area (Å²) in [7, 11) is 0. The molecule has 18 heavy (non-hydrogen) atoms. The van der Waals surface area contributed by atoms with Crippen molar-refractivity contribution in [1.29, 1.82) is 5.26 Å². The number of aromatic amines is 1. The van der Waals surface area contributed by atoms with Crippen LogP contribution in [0.2, 0.25) is 0 Å². The van der Waals surface area contributed by atoms with Crippen molar-refractivity contribution in [2.45, 2.75) is 12.8 Å². The summed E-state index contributed by atoms with van der Waals surface area (Å²) in [6, 6.07) is 4.13. The van der Waals surface area contributed by atoms with Crippen molar-refractivity contribution in [1.82, 2.24) is 10.2 Å². The molecule has 0 spiro atoms. The quantitative estimate of drug-likeness (QED) is 0.818. The van der Waals surface area contributed by atoms with Gasteiger partial charge in [0.1, 0.15) is 11.6 Å². The fraction of sp³-hybridized carbons (Fsp3) is 0.167. The van der Waals surface area contributed by atoms with E-state index >= 15 is 0 Å². The fourth-order valence-corrected chi connectivity index (χ4v) is 2.86. The summed E-state index contributed by atoms with van der Waals surface area (Å²) in [5, 5.41) is 20.2. The van der Waals surface area contributed by atoms with Crippen LogP contribution >= 0.6 is 11.3 Å². The molecule has 0 fully saturated rings. The monoisotopic (exact) mass is 258 g/mol. The van der Waals surface area contributed by atoms with Crippen LogP contribution in [-0.2, 0) is 0 Å². The lowest BCUT2D eigenvalue weighted by atomic mass is 9.86. The summed E-state index contributed by atoms with van der Waals surface area (Å²) in [6.07, 6.45) is 0. The highest BCUT2D eigenvalue weighted by Gasteiger charge is 2.34. The van der Waals surface area contributed by atoms with E-state index < -0.39 is 0 Å². The lowest BCUT2D eigenvalue weighted by molar-refractivity contribution is 0.379. The predicted octanol–water partition coefficient (Wildman–Crippen LogP) is 2.00. The van der Waals surface area contributed by atoms with Crippen LogP contribution in [0.5, 0.6) is 5.88 Å². The fourth-order valence-electron chi connectivity index (χ4n) is 2.17. The van der Waals surface area contributed by atoms with Gasteiger partial charge in [-0.25, -0.2) is 0 Å². The van der Waals surface area contributed by atoms with Gasteiger partial charge in [0.15, 0.2) is 0 Å². The van der Waals surface area contributed by atoms with Gasteiger partial charge in [0, 0.05) is 11.3 Å². The second kappa shape index (κ2) is 3.89. The molecule has 0 unspecified atom stereocenters. The molecule has 3 heterocycles. The predicted molar refractivity (Wildman–Crippen MR) is 66.9 cm³/mol. The van der Waals surface area contributed by atoms with Gasteiger partial charge < -0.3 is 10.5 Å². The summed E-state index contributed by atoms with van der Waals surface area (Å²) < 4.78 is 5.38. The van der Waals surface area contributed by atoms with Crippen LogP contribution in [0.15, 0.2) is 28.3 Å². The average Bonchev–Trinajstić information content (AvgIpc) is 2.98. The molecule has 90 valence electrons. The Bertz CT molecular complexity index is 663. The van der Waals surface area contributed by atoms with E-state index in [0.717, 1.165) is 16.8 Å². The van der Waals surface area contributed by atoms with E-state index in [2.05, 4.69) is 16.3 Å². The van der Waals surface area contributed by atoms with Crippen molar-refractivity contribution in [3.8, 4) is 11.9 Å². The molecule has 5 nitrogen and oxygen atoms in total. The van der Waals surface area contributed by atoms with Gasteiger partial charge in [-0.3, -0.25) is 5.10 Å². The van der Waals surface area contributed by atoms with Crippen LogP contribution in [0.3, 0.4) is 0 Å². The zero-order chi connectivity index (χ0) is 12.7. The van der Waals surface area contributed by atoms with Crippen LogP contribution in [0.4, 0.5) is 0 Å². The molecule has 0 aromatic carbocycles. The van der Waals surface area contributed by atoms with Crippen LogP contribution in [-0.4, -0.2) is 10.2 Å². The highest BCUT2D eigenvalue weighted by molar-refractivity contribution is 7.08. The van der Waals surface area contributed by atoms with Crippen molar-refractivity contribution in [2.24, 2.45) is 5.73 Å². The number of hydrogen-bond donors (Lipinski definition) is 2. The smallest absolute Gasteiger partial charge is 0.244 e. The number of aryl methyl sites for hydroxylation is 1. The van der Waals surface area contributed by atoms with Crippen molar-refractivity contribution in [3.63, 3.8) is 0 Å². The Morgan fingerprint density at radius 3 is 3.11 bits per heavy atom. The molecule has 3 rings (SSSR count). The number of nitrogens with two attached hydrogens (primary N) is 1. The number of H-pyrrole nitrogens is 1. The largest absolute Gasteiger partial charge is 0.420 e. The molecule has 6 heteroatoms. The number of nitriles is 1. The van der Waals surface area contributed by atoms with Crippen molar-refractivity contribution in [3.05, 3.63) is 45.1 Å². The third-order valence-corrected chi connectivity index (χ3v) is 3.71. The first kappa shape index (κ1) is 10.9. The maximum absolute atomic E-state index is 9.29. The average molecular weight is 258 g/mol. The van der Waals surface area contributed by atoms with Gasteiger partial charge >= 0.3 is 0 Å². The molecule has 0 amide bonds. The lowest BCUT2D eigenvalue weighted by Crippen LogP contribution is -2.20. The number of allylic oxidation sites excluding steroid dienone is 1. The highest BCUT2D eigenvalue weighted by Crippen LogP contribution is 2.42. The first-order valence-electron chi connectivity index (χ1n) is 5.37. The Balaban J connectivity index is 2.25. The summed E-state index contributed by atoms with van der Waals surface area (Å²) >= 11 is 1.59. The Morgan fingerprint density at radius 2 is 2.44 bits per heavy atom. The highest BCUT2D eigenvalue weighted by atomic mass is 32.1. The first-order chi connectivity index (χ1) is 8.72. The molecule has 1 aliphatic heterocycles. The summed E-state index contributed by atoms with van der Waals surface area (Å²) in [5.41, 5.74) is 9.04. The Kier molecular flexibility index (Phi) is 2.35. The Morgan fingerprint density at radius 1 is 1.61 bits per heavy atom. The second-order valence-corrected chi connectivity index (χ2v) is 4.83. The minimum atomic E-state index is -0.191. The van der Waals surface area contributed by atoms with Crippen molar-refractivity contribution >= 4 is 11.3 Å². The number of rotatable bonds is 1. The number of aromatic nitrogens is 2. The minimum absolute atomic E-state index is 0.132. The Labute approximate surface area is 108 Å². The van der Waals surface area contributed by atoms with Gasteiger partial charge in [0.05, 0.1) is 5.92 Å². The molecular formula is C12H10N4OS. The molecule has 0 radical (unpaired) electrons.